The van der Waals surface area contributed by atoms with Gasteiger partial charge >= 0.3 is 0 Å². The van der Waals surface area contributed by atoms with Crippen LogP contribution in [0.2, 0.25) is 0 Å². The number of aliphatic hydroxyl groups is 1. The van der Waals surface area contributed by atoms with Gasteiger partial charge in [0.2, 0.25) is 0 Å². The number of rotatable bonds is 9. The van der Waals surface area contributed by atoms with E-state index in [2.05, 4.69) is 23.7 Å². The molecule has 3 N–H and O–H groups in total. The number of allylic oxidation sites excluding steroid dienone is 1. The molecule has 0 atom stereocenters. The summed E-state index contributed by atoms with van der Waals surface area (Å²) < 4.78 is 0. The van der Waals surface area contributed by atoms with Gasteiger partial charge in [-0.05, 0) is 39.2 Å². The van der Waals surface area contributed by atoms with Gasteiger partial charge in [0.25, 0.3) is 0 Å². The first-order valence-electron chi connectivity index (χ1n) is 5.60. The second-order valence-electron chi connectivity index (χ2n) is 3.74. The first-order chi connectivity index (χ1) is 7.60. The minimum atomic E-state index is 0.0473. The van der Waals surface area contributed by atoms with Crippen molar-refractivity contribution in [2.75, 3.05) is 33.2 Å². The summed E-state index contributed by atoms with van der Waals surface area (Å²) in [5, 5.41) is 20.0. The van der Waals surface area contributed by atoms with Gasteiger partial charge in [-0.25, -0.2) is 0 Å². The Kier molecular flexibility index (Phi) is 8.48. The largest absolute Gasteiger partial charge is 0.508 e. The normalized spacial score (nSPS) is 11.8. The van der Waals surface area contributed by atoms with E-state index in [1.54, 1.807) is 0 Å². The molecule has 92 valence electrons. The van der Waals surface area contributed by atoms with Crippen LogP contribution in [0.25, 0.3) is 0 Å². The highest BCUT2D eigenvalue weighted by molar-refractivity contribution is 5.94. The quantitative estimate of drug-likeness (QED) is 0.241. The zero-order chi connectivity index (χ0) is 12.4. The second kappa shape index (κ2) is 9.12. The van der Waals surface area contributed by atoms with Crippen LogP contribution in [-0.4, -0.2) is 48.9 Å². The highest BCUT2D eigenvalue weighted by atomic mass is 16.3. The van der Waals surface area contributed by atoms with E-state index in [0.29, 0.717) is 12.3 Å². The molecule has 16 heavy (non-hydrogen) atoms. The third-order valence-corrected chi connectivity index (χ3v) is 2.11. The molecule has 0 amide bonds. The lowest BCUT2D eigenvalue weighted by Crippen LogP contribution is -2.28. The van der Waals surface area contributed by atoms with Crippen molar-refractivity contribution in [3.8, 4) is 0 Å². The van der Waals surface area contributed by atoms with Gasteiger partial charge < -0.3 is 20.7 Å². The Morgan fingerprint density at radius 1 is 1.56 bits per heavy atom. The second-order valence-corrected chi connectivity index (χ2v) is 3.74. The van der Waals surface area contributed by atoms with Crippen LogP contribution in [0.15, 0.2) is 24.5 Å². The Morgan fingerprint density at radius 2 is 2.25 bits per heavy atom. The molecule has 0 spiro atoms. The Bertz CT molecular complexity index is 249. The molecular formula is C12H23N3O. The van der Waals surface area contributed by atoms with Crippen LogP contribution in [0.1, 0.15) is 13.3 Å². The van der Waals surface area contributed by atoms with E-state index in [0.717, 1.165) is 26.1 Å². The van der Waals surface area contributed by atoms with Crippen LogP contribution in [0.5, 0.6) is 0 Å². The molecule has 0 saturated heterocycles. The van der Waals surface area contributed by atoms with Gasteiger partial charge in [0, 0.05) is 18.3 Å². The van der Waals surface area contributed by atoms with Crippen LogP contribution in [0, 0.1) is 5.41 Å². The van der Waals surface area contributed by atoms with E-state index in [9.17, 15) is 0 Å². The van der Waals surface area contributed by atoms with E-state index in [4.69, 9.17) is 10.5 Å². The van der Waals surface area contributed by atoms with E-state index in [1.165, 1.54) is 12.2 Å². The highest BCUT2D eigenvalue weighted by Crippen LogP contribution is 1.93. The van der Waals surface area contributed by atoms with Gasteiger partial charge in [0.1, 0.15) is 5.76 Å². The number of aliphatic hydroxyl groups excluding tert-OH is 1. The zero-order valence-electron chi connectivity index (χ0n) is 10.3. The van der Waals surface area contributed by atoms with Crippen molar-refractivity contribution in [2.24, 2.45) is 0 Å². The lowest BCUT2D eigenvalue weighted by atomic mass is 10.3. The van der Waals surface area contributed by atoms with E-state index < -0.39 is 0 Å². The summed E-state index contributed by atoms with van der Waals surface area (Å²) in [6, 6.07) is 0. The van der Waals surface area contributed by atoms with Crippen molar-refractivity contribution in [1.82, 2.24) is 10.2 Å². The van der Waals surface area contributed by atoms with Gasteiger partial charge in [-0.15, -0.1) is 0 Å². The van der Waals surface area contributed by atoms with E-state index >= 15 is 0 Å². The van der Waals surface area contributed by atoms with Gasteiger partial charge in [-0.3, -0.25) is 0 Å². The van der Waals surface area contributed by atoms with Gasteiger partial charge in [0.15, 0.2) is 0 Å². The lowest BCUT2D eigenvalue weighted by molar-refractivity contribution is 0.369. The molecule has 4 heteroatoms. The molecule has 0 aliphatic carbocycles. The topological polar surface area (TPSA) is 59.4 Å². The summed E-state index contributed by atoms with van der Waals surface area (Å²) in [4.78, 5) is 2.06. The standard InChI is InChI=1S/C12H23N3O/c1-4-12(16)9-11(13)10-15(3)8-6-7-14-5-2/h4,9,13-14,16H,1,5-8,10H2,2-3H3/b12-9+,13-11?. The molecule has 0 heterocycles. The fourth-order valence-corrected chi connectivity index (χ4v) is 1.30. The van der Waals surface area contributed by atoms with Gasteiger partial charge in [-0.1, -0.05) is 13.5 Å². The number of hydrogen-bond donors (Lipinski definition) is 3. The minimum absolute atomic E-state index is 0.0473. The maximum atomic E-state index is 9.16. The third-order valence-electron chi connectivity index (χ3n) is 2.11. The maximum Gasteiger partial charge on any atom is 0.116 e. The Balaban J connectivity index is 3.74. The van der Waals surface area contributed by atoms with Crippen molar-refractivity contribution >= 4 is 5.71 Å². The average molecular weight is 225 g/mol. The van der Waals surface area contributed by atoms with Crippen molar-refractivity contribution < 1.29 is 5.11 Å². The van der Waals surface area contributed by atoms with Crippen molar-refractivity contribution in [1.29, 1.82) is 5.41 Å². The summed E-state index contributed by atoms with van der Waals surface area (Å²) in [5.74, 6) is 0.0473. The molecule has 0 bridgehead atoms. The molecule has 0 rings (SSSR count). The summed E-state index contributed by atoms with van der Waals surface area (Å²) in [6.07, 6.45) is 3.82. The summed E-state index contributed by atoms with van der Waals surface area (Å²) in [7, 11) is 1.97. The summed E-state index contributed by atoms with van der Waals surface area (Å²) >= 11 is 0. The van der Waals surface area contributed by atoms with Crippen LogP contribution in [0.3, 0.4) is 0 Å². The highest BCUT2D eigenvalue weighted by Gasteiger charge is 2.01. The van der Waals surface area contributed by atoms with Crippen molar-refractivity contribution in [3.05, 3.63) is 24.5 Å². The number of nitrogens with one attached hydrogen (secondary N) is 2. The predicted octanol–water partition coefficient (Wildman–Crippen LogP) is 1.57. The SMILES string of the molecule is C=C/C(O)=C\C(=N)CN(C)CCCNCC. The van der Waals surface area contributed by atoms with Crippen LogP contribution in [0.4, 0.5) is 0 Å². The first-order valence-corrected chi connectivity index (χ1v) is 5.60. The molecule has 0 saturated carbocycles. The molecule has 0 aliphatic rings. The Morgan fingerprint density at radius 3 is 2.81 bits per heavy atom. The molecule has 0 aromatic heterocycles. The van der Waals surface area contributed by atoms with Gasteiger partial charge in [-0.2, -0.15) is 0 Å². The van der Waals surface area contributed by atoms with Crippen molar-refractivity contribution in [2.45, 2.75) is 13.3 Å². The van der Waals surface area contributed by atoms with Crippen LogP contribution in [-0.2, 0) is 0 Å². The third kappa shape index (κ3) is 8.20. The maximum absolute atomic E-state index is 9.16. The van der Waals surface area contributed by atoms with E-state index in [1.807, 2.05) is 7.05 Å². The monoisotopic (exact) mass is 225 g/mol. The number of nitrogens with zero attached hydrogens (tertiary/aromatic N) is 1. The molecule has 0 aromatic carbocycles. The summed E-state index contributed by atoms with van der Waals surface area (Å²) in [6.45, 7) is 9.00. The smallest absolute Gasteiger partial charge is 0.116 e. The van der Waals surface area contributed by atoms with Crippen molar-refractivity contribution in [3.63, 3.8) is 0 Å². The number of hydrogen-bond acceptors (Lipinski definition) is 4. The molecule has 0 radical (unpaired) electrons. The molecule has 0 aromatic rings. The zero-order valence-corrected chi connectivity index (χ0v) is 10.3. The fraction of sp³-hybridized carbons (Fsp3) is 0.583. The van der Waals surface area contributed by atoms with Crippen LogP contribution >= 0.6 is 0 Å². The van der Waals surface area contributed by atoms with Gasteiger partial charge in [0.05, 0.1) is 0 Å². The molecule has 0 unspecified atom stereocenters. The lowest BCUT2D eigenvalue weighted by Gasteiger charge is -2.15. The average Bonchev–Trinajstić information content (AvgIpc) is 2.24. The Hall–Kier alpha value is -1.13. The fourth-order valence-electron chi connectivity index (χ4n) is 1.30. The molecule has 0 aliphatic heterocycles. The Labute approximate surface area is 98.2 Å². The summed E-state index contributed by atoms with van der Waals surface area (Å²) in [5.41, 5.74) is 0.392. The molecule has 0 fully saturated rings. The molecular weight excluding hydrogens is 202 g/mol. The van der Waals surface area contributed by atoms with Crippen LogP contribution < -0.4 is 5.32 Å². The molecule has 4 nitrogen and oxygen atoms in total. The van der Waals surface area contributed by atoms with E-state index in [-0.39, 0.29) is 5.76 Å². The predicted molar refractivity (Wildman–Crippen MR) is 69.3 cm³/mol. The first kappa shape index (κ1) is 14.9. The minimum Gasteiger partial charge on any atom is -0.508 e.